The first-order valence-electron chi connectivity index (χ1n) is 11.7. The lowest BCUT2D eigenvalue weighted by atomic mass is 9.43. The van der Waals surface area contributed by atoms with Crippen LogP contribution in [-0.2, 0) is 9.59 Å². The van der Waals surface area contributed by atoms with Gasteiger partial charge in [-0.2, -0.15) is 0 Å². The molecule has 0 aromatic rings. The topological polar surface area (TPSA) is 94.8 Å². The van der Waals surface area contributed by atoms with Crippen LogP contribution in [0.2, 0.25) is 0 Å². The fourth-order valence-corrected chi connectivity index (χ4v) is 8.41. The molecule has 0 aromatic heterocycles. The van der Waals surface area contributed by atoms with Crippen LogP contribution >= 0.6 is 0 Å². The molecule has 0 saturated heterocycles. The van der Waals surface area contributed by atoms with Crippen LogP contribution in [0.5, 0.6) is 0 Å². The summed E-state index contributed by atoms with van der Waals surface area (Å²) in [6.07, 6.45) is 5.82. The number of carbonyl (C=O) groups is 2. The van der Waals surface area contributed by atoms with Gasteiger partial charge in [0, 0.05) is 18.3 Å². The third-order valence-corrected chi connectivity index (χ3v) is 10.1. The summed E-state index contributed by atoms with van der Waals surface area (Å²) >= 11 is 0. The van der Waals surface area contributed by atoms with Crippen molar-refractivity contribution >= 4 is 11.8 Å². The Labute approximate surface area is 174 Å². The van der Waals surface area contributed by atoms with Crippen LogP contribution in [0.25, 0.3) is 0 Å². The van der Waals surface area contributed by atoms with Gasteiger partial charge in [0.1, 0.15) is 5.78 Å². The molecule has 10 atom stereocenters. The average molecular weight is 407 g/mol. The maximum atomic E-state index is 13.6. The molecule has 0 heterocycles. The molecule has 4 aliphatic carbocycles. The van der Waals surface area contributed by atoms with E-state index in [0.717, 1.165) is 38.5 Å². The number of aliphatic hydroxyl groups excluding tert-OH is 2. The molecular formula is C24H38O5. The zero-order valence-corrected chi connectivity index (χ0v) is 18.1. The van der Waals surface area contributed by atoms with E-state index in [1.807, 2.05) is 0 Å². The van der Waals surface area contributed by atoms with E-state index in [-0.39, 0.29) is 47.5 Å². The summed E-state index contributed by atoms with van der Waals surface area (Å²) in [6, 6.07) is 0. The quantitative estimate of drug-likeness (QED) is 0.662. The highest BCUT2D eigenvalue weighted by Gasteiger charge is 2.65. The second-order valence-corrected chi connectivity index (χ2v) is 11.2. The number of aliphatic carboxylic acids is 1. The minimum Gasteiger partial charge on any atom is -0.481 e. The smallest absolute Gasteiger partial charge is 0.303 e. The van der Waals surface area contributed by atoms with Crippen molar-refractivity contribution < 1.29 is 24.9 Å². The van der Waals surface area contributed by atoms with E-state index >= 15 is 0 Å². The number of carbonyl (C=O) groups excluding carboxylic acids is 1. The van der Waals surface area contributed by atoms with Crippen LogP contribution < -0.4 is 0 Å². The number of Topliss-reactive ketones (excluding diaryl/α,β-unsaturated/α-hetero) is 1. The Morgan fingerprint density at radius 2 is 1.86 bits per heavy atom. The first-order chi connectivity index (χ1) is 13.6. The van der Waals surface area contributed by atoms with E-state index in [4.69, 9.17) is 5.11 Å². The van der Waals surface area contributed by atoms with Crippen LogP contribution in [-0.4, -0.2) is 39.3 Å². The lowest BCUT2D eigenvalue weighted by Crippen LogP contribution is -2.61. The van der Waals surface area contributed by atoms with Crippen molar-refractivity contribution in [1.82, 2.24) is 0 Å². The summed E-state index contributed by atoms with van der Waals surface area (Å²) < 4.78 is 0. The molecule has 5 nitrogen and oxygen atoms in total. The number of hydrogen-bond donors (Lipinski definition) is 3. The van der Waals surface area contributed by atoms with Crippen molar-refractivity contribution in [2.45, 2.75) is 90.8 Å². The van der Waals surface area contributed by atoms with Gasteiger partial charge in [-0.1, -0.05) is 20.8 Å². The third kappa shape index (κ3) is 3.18. The van der Waals surface area contributed by atoms with Gasteiger partial charge in [0.2, 0.25) is 0 Å². The Kier molecular flexibility index (Phi) is 5.39. The van der Waals surface area contributed by atoms with Crippen molar-refractivity contribution in [1.29, 1.82) is 0 Å². The minimum absolute atomic E-state index is 0.0348. The Bertz CT molecular complexity index is 676. The van der Waals surface area contributed by atoms with E-state index in [9.17, 15) is 19.8 Å². The van der Waals surface area contributed by atoms with Crippen molar-refractivity contribution in [3.63, 3.8) is 0 Å². The van der Waals surface area contributed by atoms with Gasteiger partial charge >= 0.3 is 5.97 Å². The molecule has 4 saturated carbocycles. The van der Waals surface area contributed by atoms with Gasteiger partial charge in [0.05, 0.1) is 12.2 Å². The largest absolute Gasteiger partial charge is 0.481 e. The predicted molar refractivity (Wildman–Crippen MR) is 109 cm³/mol. The van der Waals surface area contributed by atoms with Crippen molar-refractivity contribution in [3.05, 3.63) is 0 Å². The lowest BCUT2D eigenvalue weighted by molar-refractivity contribution is -0.181. The molecule has 164 valence electrons. The molecule has 4 rings (SSSR count). The normalized spacial score (nSPS) is 50.4. The Hall–Kier alpha value is -0.940. The highest BCUT2D eigenvalue weighted by atomic mass is 16.4. The van der Waals surface area contributed by atoms with E-state index in [2.05, 4.69) is 20.8 Å². The zero-order chi connectivity index (χ0) is 21.1. The van der Waals surface area contributed by atoms with Gasteiger partial charge in [-0.25, -0.2) is 0 Å². The fourth-order valence-electron chi connectivity index (χ4n) is 8.41. The first kappa shape index (κ1) is 21.3. The van der Waals surface area contributed by atoms with Gasteiger partial charge < -0.3 is 15.3 Å². The van der Waals surface area contributed by atoms with Crippen molar-refractivity contribution in [3.8, 4) is 0 Å². The molecular weight excluding hydrogens is 368 g/mol. The molecule has 4 aliphatic rings. The molecule has 3 N–H and O–H groups in total. The third-order valence-electron chi connectivity index (χ3n) is 10.1. The number of hydrogen-bond acceptors (Lipinski definition) is 4. The highest BCUT2D eigenvalue weighted by molar-refractivity contribution is 5.87. The summed E-state index contributed by atoms with van der Waals surface area (Å²) in [6.45, 7) is 6.54. The average Bonchev–Trinajstić information content (AvgIpc) is 3.01. The van der Waals surface area contributed by atoms with Crippen LogP contribution in [0, 0.1) is 46.3 Å². The zero-order valence-electron chi connectivity index (χ0n) is 18.1. The summed E-state index contributed by atoms with van der Waals surface area (Å²) in [5.74, 6) is 0.855. The number of carboxylic acids is 1. The van der Waals surface area contributed by atoms with E-state index in [1.54, 1.807) is 0 Å². The monoisotopic (exact) mass is 406 g/mol. The number of rotatable bonds is 4. The molecule has 4 fully saturated rings. The van der Waals surface area contributed by atoms with Crippen molar-refractivity contribution in [2.24, 2.45) is 46.3 Å². The van der Waals surface area contributed by atoms with Gasteiger partial charge in [0.25, 0.3) is 0 Å². The highest BCUT2D eigenvalue weighted by Crippen LogP contribution is 2.67. The Morgan fingerprint density at radius 3 is 2.55 bits per heavy atom. The second-order valence-electron chi connectivity index (χ2n) is 11.2. The predicted octanol–water partition coefficient (Wildman–Crippen LogP) is 3.66. The first-order valence-corrected chi connectivity index (χ1v) is 11.7. The molecule has 0 aromatic carbocycles. The van der Waals surface area contributed by atoms with Crippen LogP contribution in [0.3, 0.4) is 0 Å². The molecule has 0 radical (unpaired) electrons. The second kappa shape index (κ2) is 7.33. The van der Waals surface area contributed by atoms with Crippen LogP contribution in [0.15, 0.2) is 0 Å². The Morgan fingerprint density at radius 1 is 1.14 bits per heavy atom. The summed E-state index contributed by atoms with van der Waals surface area (Å²) in [5.41, 5.74) is -0.398. The molecule has 4 unspecified atom stereocenters. The van der Waals surface area contributed by atoms with E-state index in [0.29, 0.717) is 24.5 Å². The van der Waals surface area contributed by atoms with Crippen molar-refractivity contribution in [2.75, 3.05) is 0 Å². The minimum atomic E-state index is -0.771. The molecule has 5 heteroatoms. The maximum Gasteiger partial charge on any atom is 0.303 e. The van der Waals surface area contributed by atoms with Gasteiger partial charge in [0.15, 0.2) is 0 Å². The molecule has 0 bridgehead atoms. The van der Waals surface area contributed by atoms with E-state index < -0.39 is 17.5 Å². The summed E-state index contributed by atoms with van der Waals surface area (Å²) in [4.78, 5) is 24.7. The lowest BCUT2D eigenvalue weighted by Gasteiger charge is -2.61. The van der Waals surface area contributed by atoms with Crippen LogP contribution in [0.1, 0.15) is 78.6 Å². The maximum absolute atomic E-state index is 13.6. The summed E-state index contributed by atoms with van der Waals surface area (Å²) in [7, 11) is 0. The number of aliphatic hydroxyl groups is 2. The number of carboxylic acid groups (broad SMARTS) is 1. The SMILES string of the molecule is C[C@H](CCC(=O)O)C1CCC2C3C(CC(=O)[C@@]21C)[C@@]1(C)CC[C@@H](O)C[C@H]1C[C@@H]3O. The number of fused-ring (bicyclic) bond motifs is 5. The molecule has 0 spiro atoms. The molecule has 29 heavy (non-hydrogen) atoms. The van der Waals surface area contributed by atoms with Gasteiger partial charge in [-0.05, 0) is 85.9 Å². The van der Waals surface area contributed by atoms with E-state index in [1.165, 1.54) is 0 Å². The van der Waals surface area contributed by atoms with Crippen LogP contribution in [0.4, 0.5) is 0 Å². The summed E-state index contributed by atoms with van der Waals surface area (Å²) in [5, 5.41) is 30.5. The molecule has 0 amide bonds. The molecule has 0 aliphatic heterocycles. The van der Waals surface area contributed by atoms with Gasteiger partial charge in [-0.3, -0.25) is 9.59 Å². The van der Waals surface area contributed by atoms with Gasteiger partial charge in [-0.15, -0.1) is 0 Å². The fraction of sp³-hybridized carbons (Fsp3) is 0.917. The standard InChI is InChI=1S/C24H38O5/c1-13(4-7-21(28)29)16-5-6-17-22-18(12-20(27)24(16,17)3)23(2)9-8-15(25)10-14(23)11-19(22)26/h13-19,22,25-26H,4-12H2,1-3H3,(H,28,29)/t13-,14+,15-,16?,17?,18?,19+,22?,23+,24-/m1/s1. The number of ketones is 1. The Balaban J connectivity index is 1.62.